The zero-order valence-electron chi connectivity index (χ0n) is 25.3. The molecule has 0 amide bonds. The number of fused-ring (bicyclic) bond motifs is 2. The number of halogens is 1. The Morgan fingerprint density at radius 1 is 0.528 bits per heavy atom. The van der Waals surface area contributed by atoms with Crippen molar-refractivity contribution in [3.8, 4) is 5.75 Å². The molecule has 5 aromatic rings. The summed E-state index contributed by atoms with van der Waals surface area (Å²) in [5, 5.41) is 23.5. The van der Waals surface area contributed by atoms with E-state index >= 15 is 0 Å². The lowest BCUT2D eigenvalue weighted by Crippen LogP contribution is -2.04. The Labute approximate surface area is 311 Å². The van der Waals surface area contributed by atoms with Crippen molar-refractivity contribution in [1.29, 1.82) is 0 Å². The van der Waals surface area contributed by atoms with Crippen LogP contribution in [0.2, 0.25) is 0 Å². The average Bonchev–Trinajstić information content (AvgIpc) is 3.00. The molecule has 27 heteroatoms. The molecule has 0 saturated carbocycles. The van der Waals surface area contributed by atoms with Crippen molar-refractivity contribution in [3.05, 3.63) is 64.2 Å². The maximum absolute atomic E-state index is 12.5. The van der Waals surface area contributed by atoms with Crippen LogP contribution in [-0.4, -0.2) is 70.0 Å². The van der Waals surface area contributed by atoms with E-state index in [4.69, 9.17) is 5.73 Å². The molecule has 0 heterocycles. The number of hydrogen-bond donors (Lipinski definition) is 7. The smallest absolute Gasteiger partial charge is 0.297 e. The van der Waals surface area contributed by atoms with E-state index in [1.165, 1.54) is 6.07 Å². The molecule has 5 rings (SSSR count). The second kappa shape index (κ2) is 13.5. The summed E-state index contributed by atoms with van der Waals surface area (Å²) in [7, 11) is -26.0. The van der Waals surface area contributed by atoms with Gasteiger partial charge in [-0.25, -0.2) is 0 Å². The van der Waals surface area contributed by atoms with Crippen molar-refractivity contribution in [2.45, 2.75) is 24.5 Å². The van der Waals surface area contributed by atoms with Crippen LogP contribution in [0.25, 0.3) is 21.5 Å². The predicted molar refractivity (Wildman–Crippen MR) is 191 cm³/mol. The standard InChI is InChI=1S/C26H18IN5O16S5/c27-12-4-7-18(50(37,38)39)16(10-12)30-32-24-20(52(43,44)45)9-11-8-19(51(40,41)42)23(22(28)21(11)25(24)33)31-29-15-6-5-13-14(26(15)53(46,47)48)2-1-3-17(13)49(34,35)36/h1-10,33H,28H2,(H,34,35,36)(H,37,38,39)(H,40,41,42)(H,43,44,45)(H,46,47,48). The van der Waals surface area contributed by atoms with Gasteiger partial charge < -0.3 is 10.8 Å². The number of nitrogens with two attached hydrogens (primary N) is 1. The van der Waals surface area contributed by atoms with Gasteiger partial charge in [-0.3, -0.25) is 22.8 Å². The van der Waals surface area contributed by atoms with Gasteiger partial charge in [-0.15, -0.1) is 20.5 Å². The molecule has 280 valence electrons. The number of anilines is 1. The van der Waals surface area contributed by atoms with Crippen LogP contribution in [0.3, 0.4) is 0 Å². The van der Waals surface area contributed by atoms with Gasteiger partial charge in [0.15, 0.2) is 5.75 Å². The fraction of sp³-hybridized carbons (Fsp3) is 0. The fourth-order valence-electron chi connectivity index (χ4n) is 4.96. The molecule has 5 aromatic carbocycles. The monoisotopic (exact) mass is 943 g/mol. The van der Waals surface area contributed by atoms with Crippen LogP contribution < -0.4 is 5.73 Å². The predicted octanol–water partition coefficient (Wildman–Crippen LogP) is 4.95. The molecule has 8 N–H and O–H groups in total. The summed E-state index contributed by atoms with van der Waals surface area (Å²) in [6.07, 6.45) is 0. The molecule has 53 heavy (non-hydrogen) atoms. The summed E-state index contributed by atoms with van der Waals surface area (Å²) in [5.74, 6) is -1.25. The van der Waals surface area contributed by atoms with Crippen LogP contribution in [-0.2, 0) is 50.6 Å². The van der Waals surface area contributed by atoms with Gasteiger partial charge in [-0.05, 0) is 70.4 Å². The van der Waals surface area contributed by atoms with Crippen molar-refractivity contribution in [1.82, 2.24) is 0 Å². The SMILES string of the molecule is Nc1c(N=Nc2ccc3c(S(=O)(=O)O)cccc3c2S(=O)(=O)O)c(S(=O)(=O)O)cc2cc(S(=O)(=O)O)c(N=Nc3cc(I)ccc3S(=O)(=O)O)c(O)c12. The highest BCUT2D eigenvalue weighted by molar-refractivity contribution is 14.1. The first-order valence-electron chi connectivity index (χ1n) is 13.4. The van der Waals surface area contributed by atoms with Gasteiger partial charge >= 0.3 is 0 Å². The zero-order chi connectivity index (χ0) is 39.6. The molecule has 21 nitrogen and oxygen atoms in total. The summed E-state index contributed by atoms with van der Waals surface area (Å²) in [6.45, 7) is 0. The van der Waals surface area contributed by atoms with Crippen LogP contribution in [0.5, 0.6) is 5.75 Å². The van der Waals surface area contributed by atoms with Gasteiger partial charge in [0.1, 0.15) is 47.2 Å². The number of nitrogens with zero attached hydrogens (tertiary/aromatic N) is 4. The number of rotatable bonds is 9. The summed E-state index contributed by atoms with van der Waals surface area (Å²) in [4.78, 5) is -5.11. The summed E-state index contributed by atoms with van der Waals surface area (Å²) in [5.41, 5.74) is 1.76. The van der Waals surface area contributed by atoms with Gasteiger partial charge in [0.2, 0.25) is 0 Å². The molecular weight excluding hydrogens is 926 g/mol. The molecule has 0 fully saturated rings. The molecule has 0 radical (unpaired) electrons. The number of benzene rings is 5. The zero-order valence-corrected chi connectivity index (χ0v) is 31.6. The van der Waals surface area contributed by atoms with Gasteiger partial charge in [0.05, 0.1) is 11.1 Å². The minimum atomic E-state index is -5.40. The highest BCUT2D eigenvalue weighted by Crippen LogP contribution is 2.49. The number of aromatic hydroxyl groups is 1. The van der Waals surface area contributed by atoms with Gasteiger partial charge in [0, 0.05) is 14.3 Å². The van der Waals surface area contributed by atoms with E-state index < -0.39 is 131 Å². The molecule has 0 saturated heterocycles. The lowest BCUT2D eigenvalue weighted by molar-refractivity contribution is 0.472. The molecule has 0 aliphatic carbocycles. The highest BCUT2D eigenvalue weighted by atomic mass is 127. The second-order valence-corrected chi connectivity index (χ2v) is 18.6. The largest absolute Gasteiger partial charge is 0.505 e. The third-order valence-corrected chi connectivity index (χ3v) is 12.2. The van der Waals surface area contributed by atoms with Crippen molar-refractivity contribution in [2.24, 2.45) is 20.5 Å². The maximum atomic E-state index is 12.5. The number of hydrogen-bond acceptors (Lipinski definition) is 16. The molecule has 0 spiro atoms. The van der Waals surface area contributed by atoms with Crippen LogP contribution in [0.15, 0.2) is 106 Å². The van der Waals surface area contributed by atoms with E-state index in [0.29, 0.717) is 15.7 Å². The first-order chi connectivity index (χ1) is 24.2. The third kappa shape index (κ3) is 7.98. The Balaban J connectivity index is 1.84. The summed E-state index contributed by atoms with van der Waals surface area (Å²) in [6, 6.07) is 9.04. The quantitative estimate of drug-likeness (QED) is 0.0445. The van der Waals surface area contributed by atoms with E-state index in [-0.39, 0.29) is 0 Å². The number of nitrogen functional groups attached to an aromatic ring is 1. The third-order valence-electron chi connectivity index (χ3n) is 7.07. The van der Waals surface area contributed by atoms with E-state index in [1.54, 1.807) is 22.6 Å². The molecule has 0 bridgehead atoms. The normalized spacial score (nSPS) is 13.5. The van der Waals surface area contributed by atoms with E-state index in [2.05, 4.69) is 20.5 Å². The molecule has 0 aliphatic heterocycles. The van der Waals surface area contributed by atoms with Crippen molar-refractivity contribution in [3.63, 3.8) is 0 Å². The molecular formula is C26H18IN5O16S5. The van der Waals surface area contributed by atoms with Gasteiger partial charge in [0.25, 0.3) is 50.6 Å². The van der Waals surface area contributed by atoms with Crippen molar-refractivity contribution >= 4 is 123 Å². The van der Waals surface area contributed by atoms with Gasteiger partial charge in [-0.2, -0.15) is 42.1 Å². The number of phenolic OH excluding ortho intramolecular Hbond substituents is 1. The Bertz CT molecular complexity index is 3060. The summed E-state index contributed by atoms with van der Waals surface area (Å²) >= 11 is 1.74. The van der Waals surface area contributed by atoms with Crippen LogP contribution in [0, 0.1) is 3.57 Å². The average molecular weight is 944 g/mol. The topological polar surface area (TPSA) is 368 Å². The van der Waals surface area contributed by atoms with E-state index in [1.807, 2.05) is 0 Å². The second-order valence-electron chi connectivity index (χ2n) is 10.5. The first kappa shape index (κ1) is 39.9. The Morgan fingerprint density at radius 3 is 1.60 bits per heavy atom. The summed E-state index contributed by atoms with van der Waals surface area (Å²) < 4.78 is 172. The van der Waals surface area contributed by atoms with Crippen LogP contribution in [0.4, 0.5) is 28.4 Å². The lowest BCUT2D eigenvalue weighted by Gasteiger charge is -2.14. The Hall–Kier alpha value is -4.30. The van der Waals surface area contributed by atoms with E-state index in [9.17, 15) is 70.0 Å². The van der Waals surface area contributed by atoms with Gasteiger partial charge in [-0.1, -0.05) is 18.2 Å². The van der Waals surface area contributed by atoms with E-state index in [0.717, 1.165) is 42.5 Å². The van der Waals surface area contributed by atoms with Crippen LogP contribution >= 0.6 is 22.6 Å². The highest BCUT2D eigenvalue weighted by Gasteiger charge is 2.29. The molecule has 0 unspecified atom stereocenters. The minimum Gasteiger partial charge on any atom is -0.505 e. The Kier molecular flexibility index (Phi) is 10.2. The van der Waals surface area contributed by atoms with Crippen LogP contribution in [0.1, 0.15) is 0 Å². The molecule has 0 aliphatic rings. The van der Waals surface area contributed by atoms with Crippen molar-refractivity contribution < 1.29 is 70.0 Å². The number of phenols is 1. The number of azo groups is 2. The lowest BCUT2D eigenvalue weighted by atomic mass is 10.1. The minimum absolute atomic E-state index is 0.348. The first-order valence-corrected chi connectivity index (χ1v) is 21.7. The fourth-order valence-corrected chi connectivity index (χ4v) is 8.91. The molecule has 0 atom stereocenters. The Morgan fingerprint density at radius 2 is 1.06 bits per heavy atom. The maximum Gasteiger partial charge on any atom is 0.297 e. The van der Waals surface area contributed by atoms with Crippen molar-refractivity contribution in [2.75, 3.05) is 5.73 Å². The molecule has 0 aromatic heterocycles.